The SMILES string of the molecule is COc1cccc([C@]2(C#N)CC[C@@H](N(C)Cc3ccccc3)CC2)c1. The molecular formula is C22H26N2O. The Kier molecular flexibility index (Phi) is 5.40. The smallest absolute Gasteiger partial charge is 0.119 e. The van der Waals surface area contributed by atoms with Crippen molar-refractivity contribution < 1.29 is 4.74 Å². The molecule has 1 aliphatic rings. The van der Waals surface area contributed by atoms with E-state index in [1.807, 2.05) is 18.2 Å². The van der Waals surface area contributed by atoms with Gasteiger partial charge in [-0.2, -0.15) is 5.26 Å². The first-order chi connectivity index (χ1) is 12.2. The van der Waals surface area contributed by atoms with Crippen molar-refractivity contribution in [3.05, 3.63) is 65.7 Å². The molecule has 0 bridgehead atoms. The van der Waals surface area contributed by atoms with Crippen LogP contribution in [0.25, 0.3) is 0 Å². The molecule has 0 heterocycles. The highest BCUT2D eigenvalue weighted by Crippen LogP contribution is 2.41. The van der Waals surface area contributed by atoms with Gasteiger partial charge in [0.05, 0.1) is 18.6 Å². The Labute approximate surface area is 150 Å². The van der Waals surface area contributed by atoms with Gasteiger partial charge in [-0.15, -0.1) is 0 Å². The lowest BCUT2D eigenvalue weighted by molar-refractivity contribution is 0.160. The highest BCUT2D eigenvalue weighted by molar-refractivity contribution is 5.38. The lowest BCUT2D eigenvalue weighted by atomic mass is 9.69. The van der Waals surface area contributed by atoms with E-state index in [4.69, 9.17) is 4.74 Å². The summed E-state index contributed by atoms with van der Waals surface area (Å²) in [5.41, 5.74) is 2.06. The molecule has 3 rings (SSSR count). The van der Waals surface area contributed by atoms with E-state index in [2.05, 4.69) is 54.4 Å². The zero-order valence-electron chi connectivity index (χ0n) is 15.1. The van der Waals surface area contributed by atoms with Crippen LogP contribution in [0.5, 0.6) is 5.75 Å². The van der Waals surface area contributed by atoms with Gasteiger partial charge < -0.3 is 4.74 Å². The van der Waals surface area contributed by atoms with Crippen molar-refractivity contribution in [3.63, 3.8) is 0 Å². The molecule has 2 aromatic carbocycles. The van der Waals surface area contributed by atoms with Gasteiger partial charge in [0, 0.05) is 12.6 Å². The topological polar surface area (TPSA) is 36.3 Å². The van der Waals surface area contributed by atoms with Gasteiger partial charge in [0.15, 0.2) is 0 Å². The zero-order chi connectivity index (χ0) is 17.7. The first kappa shape index (κ1) is 17.5. The number of hydrogen-bond donors (Lipinski definition) is 0. The summed E-state index contributed by atoms with van der Waals surface area (Å²) in [6, 6.07) is 21.8. The Hall–Kier alpha value is -2.31. The molecule has 3 heteroatoms. The number of rotatable bonds is 5. The standard InChI is InChI=1S/C22H26N2O/c1-24(16-18-7-4-3-5-8-18)20-11-13-22(17-23,14-12-20)19-9-6-10-21(15-19)25-2/h3-10,15,20H,11-14,16H2,1-2H3/t20-,22-. The average Bonchev–Trinajstić information content (AvgIpc) is 2.69. The minimum atomic E-state index is -0.376. The molecule has 0 atom stereocenters. The van der Waals surface area contributed by atoms with Gasteiger partial charge in [-0.05, 0) is 56.0 Å². The molecule has 0 saturated heterocycles. The predicted molar refractivity (Wildman–Crippen MR) is 100 cm³/mol. The van der Waals surface area contributed by atoms with Crippen LogP contribution in [-0.2, 0) is 12.0 Å². The first-order valence-electron chi connectivity index (χ1n) is 8.97. The van der Waals surface area contributed by atoms with Gasteiger partial charge in [-0.1, -0.05) is 42.5 Å². The maximum absolute atomic E-state index is 9.91. The van der Waals surface area contributed by atoms with E-state index in [0.29, 0.717) is 6.04 Å². The van der Waals surface area contributed by atoms with Gasteiger partial charge >= 0.3 is 0 Å². The summed E-state index contributed by atoms with van der Waals surface area (Å²) in [4.78, 5) is 2.43. The molecule has 0 N–H and O–H groups in total. The Morgan fingerprint density at radius 1 is 1.12 bits per heavy atom. The van der Waals surface area contributed by atoms with Crippen LogP contribution in [0.15, 0.2) is 54.6 Å². The van der Waals surface area contributed by atoms with E-state index >= 15 is 0 Å². The van der Waals surface area contributed by atoms with Crippen LogP contribution in [-0.4, -0.2) is 25.1 Å². The summed E-state index contributed by atoms with van der Waals surface area (Å²) >= 11 is 0. The maximum Gasteiger partial charge on any atom is 0.119 e. The highest BCUT2D eigenvalue weighted by Gasteiger charge is 2.38. The second kappa shape index (κ2) is 7.72. The Morgan fingerprint density at radius 2 is 1.84 bits per heavy atom. The minimum absolute atomic E-state index is 0.376. The third kappa shape index (κ3) is 3.86. The van der Waals surface area contributed by atoms with Crippen molar-refractivity contribution >= 4 is 0 Å². The quantitative estimate of drug-likeness (QED) is 0.806. The number of hydrogen-bond acceptors (Lipinski definition) is 3. The number of nitriles is 1. The summed E-state index contributed by atoms with van der Waals surface area (Å²) in [7, 11) is 3.87. The second-order valence-electron chi connectivity index (χ2n) is 7.06. The van der Waals surface area contributed by atoms with Crippen LogP contribution in [0.2, 0.25) is 0 Å². The van der Waals surface area contributed by atoms with Crippen molar-refractivity contribution in [2.75, 3.05) is 14.2 Å². The van der Waals surface area contributed by atoms with Crippen molar-refractivity contribution in [2.24, 2.45) is 0 Å². The van der Waals surface area contributed by atoms with Crippen LogP contribution >= 0.6 is 0 Å². The monoisotopic (exact) mass is 334 g/mol. The summed E-state index contributed by atoms with van der Waals surface area (Å²) in [5, 5.41) is 9.91. The molecule has 0 radical (unpaired) electrons. The van der Waals surface area contributed by atoms with Crippen LogP contribution in [0.3, 0.4) is 0 Å². The molecular weight excluding hydrogens is 308 g/mol. The molecule has 0 spiro atoms. The second-order valence-corrected chi connectivity index (χ2v) is 7.06. The number of ether oxygens (including phenoxy) is 1. The van der Waals surface area contributed by atoms with Crippen LogP contribution in [0.1, 0.15) is 36.8 Å². The summed E-state index contributed by atoms with van der Waals surface area (Å²) < 4.78 is 5.34. The van der Waals surface area contributed by atoms with Crippen molar-refractivity contribution in [1.29, 1.82) is 5.26 Å². The van der Waals surface area contributed by atoms with E-state index < -0.39 is 0 Å². The molecule has 130 valence electrons. The normalized spacial score (nSPS) is 23.2. The van der Waals surface area contributed by atoms with Gasteiger partial charge in [0.2, 0.25) is 0 Å². The van der Waals surface area contributed by atoms with E-state index in [1.165, 1.54) is 5.56 Å². The molecule has 1 saturated carbocycles. The fourth-order valence-electron chi connectivity index (χ4n) is 3.92. The largest absolute Gasteiger partial charge is 0.497 e. The van der Waals surface area contributed by atoms with Gasteiger partial charge in [0.25, 0.3) is 0 Å². The predicted octanol–water partition coefficient (Wildman–Crippen LogP) is 4.53. The molecule has 1 aliphatic carbocycles. The highest BCUT2D eigenvalue weighted by atomic mass is 16.5. The molecule has 0 amide bonds. The van der Waals surface area contributed by atoms with E-state index in [0.717, 1.165) is 43.5 Å². The average molecular weight is 334 g/mol. The number of nitrogens with zero attached hydrogens (tertiary/aromatic N) is 2. The fraction of sp³-hybridized carbons (Fsp3) is 0.409. The van der Waals surface area contributed by atoms with Crippen molar-refractivity contribution in [3.8, 4) is 11.8 Å². The zero-order valence-corrected chi connectivity index (χ0v) is 15.1. The van der Waals surface area contributed by atoms with Crippen LogP contribution < -0.4 is 4.74 Å². The molecule has 0 unspecified atom stereocenters. The Bertz CT molecular complexity index is 727. The molecule has 3 nitrogen and oxygen atoms in total. The van der Waals surface area contributed by atoms with Crippen molar-refractivity contribution in [2.45, 2.75) is 43.7 Å². The number of methoxy groups -OCH3 is 1. The van der Waals surface area contributed by atoms with Crippen LogP contribution in [0, 0.1) is 11.3 Å². The molecule has 25 heavy (non-hydrogen) atoms. The third-order valence-corrected chi connectivity index (χ3v) is 5.54. The van der Waals surface area contributed by atoms with E-state index in [9.17, 15) is 5.26 Å². The van der Waals surface area contributed by atoms with Crippen molar-refractivity contribution in [1.82, 2.24) is 4.90 Å². The number of benzene rings is 2. The van der Waals surface area contributed by atoms with E-state index in [-0.39, 0.29) is 5.41 Å². The van der Waals surface area contributed by atoms with E-state index in [1.54, 1.807) is 7.11 Å². The van der Waals surface area contributed by atoms with Gasteiger partial charge in [-0.3, -0.25) is 4.90 Å². The molecule has 2 aromatic rings. The van der Waals surface area contributed by atoms with Gasteiger partial charge in [0.1, 0.15) is 5.75 Å². The minimum Gasteiger partial charge on any atom is -0.497 e. The maximum atomic E-state index is 9.91. The van der Waals surface area contributed by atoms with Crippen LogP contribution in [0.4, 0.5) is 0 Å². The summed E-state index contributed by atoms with van der Waals surface area (Å²) in [6.45, 7) is 0.963. The lowest BCUT2D eigenvalue weighted by Gasteiger charge is -2.39. The molecule has 0 aromatic heterocycles. The lowest BCUT2D eigenvalue weighted by Crippen LogP contribution is -2.40. The third-order valence-electron chi connectivity index (χ3n) is 5.54. The summed E-state index contributed by atoms with van der Waals surface area (Å²) in [5.74, 6) is 0.829. The fourth-order valence-corrected chi connectivity index (χ4v) is 3.92. The first-order valence-corrected chi connectivity index (χ1v) is 8.97. The summed E-state index contributed by atoms with van der Waals surface area (Å²) in [6.07, 6.45) is 3.91. The van der Waals surface area contributed by atoms with Gasteiger partial charge in [-0.25, -0.2) is 0 Å². The Morgan fingerprint density at radius 3 is 2.48 bits per heavy atom. The Balaban J connectivity index is 1.67. The molecule has 1 fully saturated rings. The molecule has 0 aliphatic heterocycles.